The van der Waals surface area contributed by atoms with Gasteiger partial charge >= 0.3 is 0 Å². The number of thioether (sulfide) groups is 1. The fraction of sp³-hybridized carbons (Fsp3) is 0.250. The molecule has 0 bridgehead atoms. The molecule has 11 heteroatoms. The van der Waals surface area contributed by atoms with Crippen molar-refractivity contribution >= 4 is 17.5 Å². The third-order valence-corrected chi connectivity index (χ3v) is 5.50. The number of hydrogen-bond donors (Lipinski definition) is 0. The lowest BCUT2D eigenvalue weighted by molar-refractivity contribution is -0.116. The minimum atomic E-state index is 0.102. The maximum absolute atomic E-state index is 12.3. The molecule has 0 saturated heterocycles. The summed E-state index contributed by atoms with van der Waals surface area (Å²) in [6.07, 6.45) is 5.37. The van der Waals surface area contributed by atoms with Gasteiger partial charge in [0.1, 0.15) is 23.1 Å². The van der Waals surface area contributed by atoms with Crippen molar-refractivity contribution < 1.29 is 14.1 Å². The second kappa shape index (κ2) is 9.47. The summed E-state index contributed by atoms with van der Waals surface area (Å²) in [5, 5.41) is 12.9. The fourth-order valence-corrected chi connectivity index (χ4v) is 3.56. The van der Waals surface area contributed by atoms with Gasteiger partial charge in [-0.25, -0.2) is 4.98 Å². The van der Waals surface area contributed by atoms with Gasteiger partial charge in [-0.2, -0.15) is 4.98 Å². The van der Waals surface area contributed by atoms with Gasteiger partial charge in [-0.1, -0.05) is 29.1 Å². The van der Waals surface area contributed by atoms with Crippen LogP contribution in [0.25, 0.3) is 11.5 Å². The molecule has 10 nitrogen and oxygen atoms in total. The van der Waals surface area contributed by atoms with Crippen molar-refractivity contribution in [3.05, 3.63) is 60.1 Å². The Hall–Kier alpha value is -3.60. The average molecular weight is 437 g/mol. The van der Waals surface area contributed by atoms with Gasteiger partial charge in [-0.05, 0) is 17.7 Å². The number of methoxy groups -OCH3 is 1. The van der Waals surface area contributed by atoms with Crippen LogP contribution < -0.4 is 4.74 Å². The molecular weight excluding hydrogens is 418 g/mol. The number of hydrogen-bond acceptors (Lipinski definition) is 10. The van der Waals surface area contributed by atoms with E-state index < -0.39 is 0 Å². The number of nitrogens with zero attached hydrogens (tertiary/aromatic N) is 7. The van der Waals surface area contributed by atoms with Crippen molar-refractivity contribution in [1.29, 1.82) is 0 Å². The second-order valence-corrected chi connectivity index (χ2v) is 7.53. The van der Waals surface area contributed by atoms with E-state index >= 15 is 0 Å². The van der Waals surface area contributed by atoms with Crippen LogP contribution in [0.1, 0.15) is 17.3 Å². The van der Waals surface area contributed by atoms with Crippen molar-refractivity contribution in [2.45, 2.75) is 18.0 Å². The first kappa shape index (κ1) is 20.7. The lowest BCUT2D eigenvalue weighted by atomic mass is 10.1. The minimum Gasteiger partial charge on any atom is -0.497 e. The molecule has 3 aromatic heterocycles. The van der Waals surface area contributed by atoms with E-state index in [4.69, 9.17) is 9.26 Å². The number of rotatable bonds is 9. The van der Waals surface area contributed by atoms with E-state index in [1.807, 2.05) is 35.9 Å². The van der Waals surface area contributed by atoms with Gasteiger partial charge < -0.3 is 13.8 Å². The van der Waals surface area contributed by atoms with Crippen molar-refractivity contribution in [2.75, 3.05) is 12.9 Å². The summed E-state index contributed by atoms with van der Waals surface area (Å²) in [6, 6.07) is 7.47. The molecule has 0 N–H and O–H groups in total. The Morgan fingerprint density at radius 3 is 2.77 bits per heavy atom. The molecule has 158 valence electrons. The summed E-state index contributed by atoms with van der Waals surface area (Å²) in [5.74, 6) is 2.58. The van der Waals surface area contributed by atoms with Crippen LogP contribution in [0.3, 0.4) is 0 Å². The monoisotopic (exact) mass is 437 g/mol. The van der Waals surface area contributed by atoms with E-state index in [0.29, 0.717) is 47.0 Å². The Bertz CT molecular complexity index is 1160. The molecule has 0 unspecified atom stereocenters. The zero-order valence-corrected chi connectivity index (χ0v) is 17.7. The zero-order chi connectivity index (χ0) is 21.6. The summed E-state index contributed by atoms with van der Waals surface area (Å²) in [4.78, 5) is 24.8. The highest BCUT2D eigenvalue weighted by Crippen LogP contribution is 2.19. The summed E-state index contributed by atoms with van der Waals surface area (Å²) < 4.78 is 12.2. The molecule has 0 aliphatic heterocycles. The molecule has 31 heavy (non-hydrogen) atoms. The van der Waals surface area contributed by atoms with Crippen LogP contribution in [0.2, 0.25) is 0 Å². The first-order valence-corrected chi connectivity index (χ1v) is 10.4. The molecule has 0 aliphatic rings. The zero-order valence-electron chi connectivity index (χ0n) is 16.9. The SMILES string of the molecule is COc1ccc(CC(=O)CSc2nnc(Cc3nc(-c4cnccn4)no3)n2C)cc1. The van der Waals surface area contributed by atoms with Gasteiger partial charge in [0.25, 0.3) is 0 Å². The highest BCUT2D eigenvalue weighted by atomic mass is 32.2. The van der Waals surface area contributed by atoms with Crippen molar-refractivity contribution in [1.82, 2.24) is 34.9 Å². The topological polar surface area (TPSA) is 122 Å². The number of aromatic nitrogens is 7. The Kier molecular flexibility index (Phi) is 6.32. The Morgan fingerprint density at radius 1 is 1.19 bits per heavy atom. The molecular formula is C20H19N7O3S. The standard InChI is InChI=1S/C20H19N7O3S/c1-27-17(10-18-23-19(26-30-18)16-11-21-7-8-22-16)24-25-20(27)31-12-14(28)9-13-3-5-15(29-2)6-4-13/h3-8,11H,9-10,12H2,1-2H3. The fourth-order valence-electron chi connectivity index (χ4n) is 2.77. The molecule has 0 fully saturated rings. The van der Waals surface area contributed by atoms with Crippen LogP contribution in [0, 0.1) is 0 Å². The third-order valence-electron chi connectivity index (χ3n) is 4.42. The van der Waals surface area contributed by atoms with Gasteiger partial charge in [-0.3, -0.25) is 9.78 Å². The van der Waals surface area contributed by atoms with Crippen LogP contribution in [-0.2, 0) is 24.7 Å². The van der Waals surface area contributed by atoms with Crippen LogP contribution in [0.5, 0.6) is 5.75 Å². The molecule has 4 aromatic rings. The van der Waals surface area contributed by atoms with Crippen LogP contribution >= 0.6 is 11.8 Å². The highest BCUT2D eigenvalue weighted by molar-refractivity contribution is 7.99. The van der Waals surface area contributed by atoms with E-state index in [-0.39, 0.29) is 5.78 Å². The van der Waals surface area contributed by atoms with Gasteiger partial charge in [0.15, 0.2) is 5.16 Å². The van der Waals surface area contributed by atoms with Crippen molar-refractivity contribution in [3.8, 4) is 17.3 Å². The van der Waals surface area contributed by atoms with E-state index in [1.54, 1.807) is 25.7 Å². The Labute approximate surface area is 182 Å². The number of ether oxygens (including phenoxy) is 1. The lowest BCUT2D eigenvalue weighted by Crippen LogP contribution is -2.07. The van der Waals surface area contributed by atoms with E-state index in [9.17, 15) is 4.79 Å². The largest absolute Gasteiger partial charge is 0.497 e. The summed E-state index contributed by atoms with van der Waals surface area (Å²) >= 11 is 1.35. The molecule has 0 radical (unpaired) electrons. The van der Waals surface area contributed by atoms with Crippen LogP contribution in [0.15, 0.2) is 52.5 Å². The lowest BCUT2D eigenvalue weighted by Gasteiger charge is -2.04. The summed E-state index contributed by atoms with van der Waals surface area (Å²) in [5.41, 5.74) is 1.47. The van der Waals surface area contributed by atoms with Crippen LogP contribution in [-0.4, -0.2) is 53.5 Å². The second-order valence-electron chi connectivity index (χ2n) is 6.59. The molecule has 1 aromatic carbocycles. The van der Waals surface area contributed by atoms with Gasteiger partial charge in [-0.15, -0.1) is 10.2 Å². The average Bonchev–Trinajstić information content (AvgIpc) is 3.41. The van der Waals surface area contributed by atoms with Gasteiger partial charge in [0.2, 0.25) is 11.7 Å². The number of benzene rings is 1. The maximum Gasteiger partial charge on any atom is 0.234 e. The maximum atomic E-state index is 12.3. The highest BCUT2D eigenvalue weighted by Gasteiger charge is 2.16. The Morgan fingerprint density at radius 2 is 2.03 bits per heavy atom. The smallest absolute Gasteiger partial charge is 0.234 e. The molecule has 0 atom stereocenters. The van der Waals surface area contributed by atoms with Gasteiger partial charge in [0, 0.05) is 25.9 Å². The number of Topliss-reactive ketones (excluding diaryl/α,β-unsaturated/α-hetero) is 1. The molecule has 4 rings (SSSR count). The number of carbonyl (C=O) groups is 1. The van der Waals surface area contributed by atoms with E-state index in [1.165, 1.54) is 11.8 Å². The van der Waals surface area contributed by atoms with E-state index in [2.05, 4.69) is 30.3 Å². The molecule has 0 amide bonds. The van der Waals surface area contributed by atoms with Crippen molar-refractivity contribution in [3.63, 3.8) is 0 Å². The number of carbonyl (C=O) groups excluding carboxylic acids is 1. The summed E-state index contributed by atoms with van der Waals surface area (Å²) in [7, 11) is 3.45. The van der Waals surface area contributed by atoms with Crippen molar-refractivity contribution in [2.24, 2.45) is 7.05 Å². The molecule has 0 saturated carbocycles. The number of ketones is 1. The normalized spacial score (nSPS) is 10.9. The molecule has 0 aliphatic carbocycles. The molecule has 0 spiro atoms. The Balaban J connectivity index is 1.34. The quantitative estimate of drug-likeness (QED) is 0.360. The minimum absolute atomic E-state index is 0.102. The van der Waals surface area contributed by atoms with E-state index in [0.717, 1.165) is 11.3 Å². The predicted molar refractivity (Wildman–Crippen MR) is 112 cm³/mol. The van der Waals surface area contributed by atoms with Crippen LogP contribution in [0.4, 0.5) is 0 Å². The third kappa shape index (κ3) is 5.12. The first-order valence-electron chi connectivity index (χ1n) is 9.37. The van der Waals surface area contributed by atoms with Gasteiger partial charge in [0.05, 0.1) is 25.5 Å². The summed E-state index contributed by atoms with van der Waals surface area (Å²) in [6.45, 7) is 0. The first-order chi connectivity index (χ1) is 15.1. The predicted octanol–water partition coefficient (Wildman–Crippen LogP) is 2.16. The molecule has 3 heterocycles.